The number of aromatic amines is 1. The second-order valence-electron chi connectivity index (χ2n) is 13.9. The Morgan fingerprint density at radius 2 is 1.88 bits per heavy atom. The number of phenolic OH excluding ortho intramolecular Hbond substituents is 1. The lowest BCUT2D eigenvalue weighted by Gasteiger charge is -2.35. The third kappa shape index (κ3) is 7.19. The van der Waals surface area contributed by atoms with E-state index in [2.05, 4.69) is 57.3 Å². The summed E-state index contributed by atoms with van der Waals surface area (Å²) in [5.74, 6) is -1.02. The van der Waals surface area contributed by atoms with Crippen LogP contribution in [0.5, 0.6) is 5.75 Å². The van der Waals surface area contributed by atoms with E-state index >= 15 is 0 Å². The lowest BCUT2D eigenvalue weighted by atomic mass is 9.79. The molecule has 6 N–H and O–H groups in total. The number of carboxylic acid groups (broad SMARTS) is 1. The Morgan fingerprint density at radius 1 is 1.06 bits per heavy atom. The smallest absolute Gasteiger partial charge is 0.347 e. The normalized spacial score (nSPS) is 18.2. The van der Waals surface area contributed by atoms with Crippen molar-refractivity contribution in [3.8, 4) is 5.75 Å². The second-order valence-corrected chi connectivity index (χ2v) is 15.7. The molecule has 2 atom stereocenters. The van der Waals surface area contributed by atoms with Gasteiger partial charge in [0.15, 0.2) is 0 Å². The maximum absolute atomic E-state index is 12.3. The van der Waals surface area contributed by atoms with Gasteiger partial charge in [0.2, 0.25) is 11.2 Å². The molecule has 6 aromatic rings. The van der Waals surface area contributed by atoms with Gasteiger partial charge >= 0.3 is 5.97 Å². The fraction of sp³-hybridized carbons (Fsp3) is 0.350. The van der Waals surface area contributed by atoms with Crippen molar-refractivity contribution in [2.45, 2.75) is 68.9 Å². The monoisotopic (exact) mass is 740 g/mol. The molecule has 52 heavy (non-hydrogen) atoms. The number of nitrogens with one attached hydrogen (secondary N) is 2. The molecule has 272 valence electrons. The number of aliphatic carboxylic acids is 1. The number of rotatable bonds is 14. The molecule has 0 aliphatic heterocycles. The average molecular weight is 741 g/mol. The van der Waals surface area contributed by atoms with E-state index < -0.39 is 17.7 Å². The van der Waals surface area contributed by atoms with Crippen molar-refractivity contribution in [1.82, 2.24) is 19.8 Å². The van der Waals surface area contributed by atoms with Crippen LogP contribution in [-0.2, 0) is 23.5 Å². The molecule has 4 aromatic heterocycles. The van der Waals surface area contributed by atoms with Gasteiger partial charge in [-0.3, -0.25) is 4.79 Å². The summed E-state index contributed by atoms with van der Waals surface area (Å²) in [6.07, 6.45) is 6.34. The fourth-order valence-corrected chi connectivity index (χ4v) is 9.78. The van der Waals surface area contributed by atoms with Gasteiger partial charge in [0.1, 0.15) is 5.75 Å². The number of thiophene rings is 2. The van der Waals surface area contributed by atoms with Crippen LogP contribution >= 0.6 is 22.7 Å². The summed E-state index contributed by atoms with van der Waals surface area (Å²) in [6.45, 7) is 2.78. The number of aliphatic hydroxyl groups is 2. The van der Waals surface area contributed by atoms with Crippen LogP contribution in [0.3, 0.4) is 0 Å². The second kappa shape index (κ2) is 15.4. The van der Waals surface area contributed by atoms with E-state index in [1.807, 2.05) is 11.4 Å². The standard InChI is InChI=1S/C40H44N4O6S2/c1-43(28-8-6-26(7-9-28)29-16-21-52-38(29)40(50,39(48)49)35-4-2-20-51-35)17-3-18-44-19-15-27-22-25(5-12-32(27)44)23-41-24-34(46)30-10-13-33(45)37-31(30)11-14-36(47)42-37/h2,4-5,10-16,19-22,26,28,34,41,45-46,50H,3,6-9,17-18,23-24H2,1H3,(H,42,47)(H,48,49)/t26?,28?,34-,40?/m0/s1. The van der Waals surface area contributed by atoms with Gasteiger partial charge in [0, 0.05) is 48.8 Å². The molecule has 0 spiro atoms. The molecule has 4 heterocycles. The molecule has 0 bridgehead atoms. The number of aromatic hydroxyl groups is 1. The number of benzene rings is 2. The number of carbonyl (C=O) groups is 1. The first-order valence-corrected chi connectivity index (χ1v) is 19.5. The van der Waals surface area contributed by atoms with Crippen LogP contribution in [0, 0.1) is 0 Å². The highest BCUT2D eigenvalue weighted by atomic mass is 32.1. The molecule has 0 radical (unpaired) electrons. The van der Waals surface area contributed by atoms with E-state index in [9.17, 15) is 30.0 Å². The number of aliphatic hydroxyl groups excluding tert-OH is 1. The SMILES string of the molecule is CN(CCCn1ccc2cc(CNC[C@H](O)c3ccc(O)c4[nH]c(=O)ccc34)ccc21)C1CCC(c2ccsc2C(O)(C(=O)O)c2cccs2)CC1. The Hall–Kier alpha value is -4.30. The lowest BCUT2D eigenvalue weighted by Crippen LogP contribution is -2.38. The molecule has 1 saturated carbocycles. The number of aromatic nitrogens is 2. The first kappa shape index (κ1) is 36.1. The number of phenols is 1. The van der Waals surface area contributed by atoms with E-state index in [1.54, 1.807) is 29.6 Å². The zero-order chi connectivity index (χ0) is 36.4. The summed E-state index contributed by atoms with van der Waals surface area (Å²) in [5.41, 5.74) is 1.91. The molecule has 0 amide bonds. The molecule has 12 heteroatoms. The molecule has 1 aliphatic rings. The highest BCUT2D eigenvalue weighted by molar-refractivity contribution is 7.12. The van der Waals surface area contributed by atoms with Crippen molar-refractivity contribution < 1.29 is 25.2 Å². The van der Waals surface area contributed by atoms with Gasteiger partial charge in [-0.25, -0.2) is 4.79 Å². The van der Waals surface area contributed by atoms with Gasteiger partial charge in [-0.15, -0.1) is 22.7 Å². The van der Waals surface area contributed by atoms with Crippen LogP contribution in [0.2, 0.25) is 0 Å². The summed E-state index contributed by atoms with van der Waals surface area (Å²) < 4.78 is 2.30. The minimum Gasteiger partial charge on any atom is -0.506 e. The van der Waals surface area contributed by atoms with Crippen LogP contribution in [0.1, 0.15) is 70.6 Å². The third-order valence-electron chi connectivity index (χ3n) is 10.6. The minimum atomic E-state index is -2.01. The largest absolute Gasteiger partial charge is 0.506 e. The molecule has 0 saturated heterocycles. The Labute approximate surface area is 309 Å². The summed E-state index contributed by atoms with van der Waals surface area (Å²) in [4.78, 5) is 30.2. The van der Waals surface area contributed by atoms with Crippen molar-refractivity contribution in [2.24, 2.45) is 0 Å². The summed E-state index contributed by atoms with van der Waals surface area (Å²) in [5, 5.41) is 51.4. The van der Waals surface area contributed by atoms with Crippen LogP contribution < -0.4 is 10.9 Å². The number of aryl methyl sites for hydroxylation is 1. The topological polar surface area (TPSA) is 151 Å². The maximum atomic E-state index is 12.3. The minimum absolute atomic E-state index is 0.0297. The van der Waals surface area contributed by atoms with Crippen molar-refractivity contribution in [2.75, 3.05) is 20.1 Å². The summed E-state index contributed by atoms with van der Waals surface area (Å²) >= 11 is 2.61. The molecule has 10 nitrogen and oxygen atoms in total. The molecule has 1 unspecified atom stereocenters. The van der Waals surface area contributed by atoms with Crippen molar-refractivity contribution in [3.63, 3.8) is 0 Å². The van der Waals surface area contributed by atoms with Gasteiger partial charge in [-0.1, -0.05) is 18.2 Å². The first-order valence-electron chi connectivity index (χ1n) is 17.7. The van der Waals surface area contributed by atoms with E-state index in [4.69, 9.17) is 0 Å². The van der Waals surface area contributed by atoms with E-state index in [1.165, 1.54) is 45.7 Å². The zero-order valence-corrected chi connectivity index (χ0v) is 30.6. The van der Waals surface area contributed by atoms with E-state index in [0.29, 0.717) is 45.4 Å². The number of nitrogens with zero attached hydrogens (tertiary/aromatic N) is 2. The number of hydrogen-bond donors (Lipinski definition) is 6. The predicted octanol–water partition coefficient (Wildman–Crippen LogP) is 6.50. The third-order valence-corrected chi connectivity index (χ3v) is 12.7. The molecule has 7 rings (SSSR count). The lowest BCUT2D eigenvalue weighted by molar-refractivity contribution is -0.154. The van der Waals surface area contributed by atoms with Gasteiger partial charge in [0.25, 0.3) is 0 Å². The van der Waals surface area contributed by atoms with Gasteiger partial charge in [-0.05, 0) is 127 Å². The molecular formula is C40H44N4O6S2. The molecule has 1 aliphatic carbocycles. The summed E-state index contributed by atoms with van der Waals surface area (Å²) in [6, 6.07) is 20.7. The Morgan fingerprint density at radius 3 is 2.65 bits per heavy atom. The first-order chi connectivity index (χ1) is 25.1. The Bertz CT molecular complexity index is 2220. The fourth-order valence-electron chi connectivity index (χ4n) is 7.80. The van der Waals surface area contributed by atoms with E-state index in [0.717, 1.165) is 56.3 Å². The molecule has 1 fully saturated rings. The van der Waals surface area contributed by atoms with Gasteiger partial charge in [0.05, 0.1) is 21.4 Å². The maximum Gasteiger partial charge on any atom is 0.347 e. The Balaban J connectivity index is 0.889. The van der Waals surface area contributed by atoms with Crippen LogP contribution in [0.4, 0.5) is 0 Å². The van der Waals surface area contributed by atoms with E-state index in [-0.39, 0.29) is 17.2 Å². The van der Waals surface area contributed by atoms with Gasteiger partial charge < -0.3 is 40.2 Å². The number of hydrogen-bond acceptors (Lipinski definition) is 9. The quantitative estimate of drug-likeness (QED) is 0.0741. The molecule has 2 aromatic carbocycles. The highest BCUT2D eigenvalue weighted by Crippen LogP contribution is 2.44. The van der Waals surface area contributed by atoms with Crippen LogP contribution in [-0.4, -0.2) is 67.0 Å². The number of pyridine rings is 1. The summed E-state index contributed by atoms with van der Waals surface area (Å²) in [7, 11) is 2.20. The predicted molar refractivity (Wildman–Crippen MR) is 206 cm³/mol. The van der Waals surface area contributed by atoms with Crippen molar-refractivity contribution in [1.29, 1.82) is 0 Å². The molecular weight excluding hydrogens is 697 g/mol. The number of carboxylic acids is 1. The highest BCUT2D eigenvalue weighted by Gasteiger charge is 2.45. The van der Waals surface area contributed by atoms with Crippen LogP contribution in [0.15, 0.2) is 88.5 Å². The zero-order valence-electron chi connectivity index (χ0n) is 29.0. The number of H-pyrrole nitrogens is 1. The van der Waals surface area contributed by atoms with Crippen LogP contribution in [0.25, 0.3) is 21.8 Å². The average Bonchev–Trinajstić information content (AvgIpc) is 3.94. The number of fused-ring (bicyclic) bond motifs is 2. The Kier molecular flexibility index (Phi) is 10.7. The van der Waals surface area contributed by atoms with Crippen molar-refractivity contribution >= 4 is 50.4 Å². The van der Waals surface area contributed by atoms with Crippen molar-refractivity contribution in [3.05, 3.63) is 120 Å². The van der Waals surface area contributed by atoms with Gasteiger partial charge in [-0.2, -0.15) is 0 Å².